The van der Waals surface area contributed by atoms with Gasteiger partial charge in [-0.3, -0.25) is 4.79 Å². The molecule has 1 aliphatic heterocycles. The fourth-order valence-corrected chi connectivity index (χ4v) is 2.83. The Bertz CT molecular complexity index is 898. The summed E-state index contributed by atoms with van der Waals surface area (Å²) in [5.74, 6) is 2.19. The number of aliphatic imine (C=N–C) groups is 1. The molecule has 0 aliphatic carbocycles. The molecule has 1 amide bonds. The number of hydrogen-bond acceptors (Lipinski definition) is 4. The number of benzene rings is 2. The fraction of sp³-hybridized carbons (Fsp3) is 0.238. The van der Waals surface area contributed by atoms with Gasteiger partial charge in [0.15, 0.2) is 0 Å². The Morgan fingerprint density at radius 1 is 1.08 bits per heavy atom. The van der Waals surface area contributed by atoms with Gasteiger partial charge in [-0.15, -0.1) is 0 Å². The fourth-order valence-electron chi connectivity index (χ4n) is 2.83. The standard InChI is InChI=1S/C21H22N2O3/c1-13(2)17-10-14(8-9-19(17)26-4)11-18-21(24)23-20(22-18)15-6-5-7-16(12-15)25-3/h5-13H,1-4H3,(H,22,23,24)/b18-11+. The number of nitrogens with zero attached hydrogens (tertiary/aromatic N) is 1. The quantitative estimate of drug-likeness (QED) is 0.836. The zero-order valence-corrected chi connectivity index (χ0v) is 15.4. The van der Waals surface area contributed by atoms with Gasteiger partial charge in [0, 0.05) is 5.56 Å². The molecule has 0 spiro atoms. The van der Waals surface area contributed by atoms with Crippen LogP contribution in [0.15, 0.2) is 53.2 Å². The van der Waals surface area contributed by atoms with Crippen LogP contribution < -0.4 is 14.8 Å². The maximum absolute atomic E-state index is 12.3. The average molecular weight is 350 g/mol. The number of methoxy groups -OCH3 is 2. The normalized spacial score (nSPS) is 15.2. The molecule has 0 unspecified atom stereocenters. The average Bonchev–Trinajstić information content (AvgIpc) is 3.02. The monoisotopic (exact) mass is 350 g/mol. The van der Waals surface area contributed by atoms with Crippen molar-refractivity contribution in [3.63, 3.8) is 0 Å². The molecule has 1 N–H and O–H groups in total. The maximum Gasteiger partial charge on any atom is 0.275 e. The third-order valence-corrected chi connectivity index (χ3v) is 4.22. The zero-order chi connectivity index (χ0) is 18.7. The third kappa shape index (κ3) is 3.61. The van der Waals surface area contributed by atoms with E-state index in [1.54, 1.807) is 20.3 Å². The van der Waals surface area contributed by atoms with Crippen LogP contribution >= 0.6 is 0 Å². The Morgan fingerprint density at radius 3 is 2.58 bits per heavy atom. The molecule has 0 fully saturated rings. The molecular formula is C21H22N2O3. The topological polar surface area (TPSA) is 59.9 Å². The van der Waals surface area contributed by atoms with Gasteiger partial charge in [-0.05, 0) is 47.4 Å². The molecule has 0 saturated heterocycles. The van der Waals surface area contributed by atoms with E-state index >= 15 is 0 Å². The van der Waals surface area contributed by atoms with Gasteiger partial charge in [-0.2, -0.15) is 0 Å². The lowest BCUT2D eigenvalue weighted by Crippen LogP contribution is -2.24. The minimum Gasteiger partial charge on any atom is -0.497 e. The highest BCUT2D eigenvalue weighted by atomic mass is 16.5. The lowest BCUT2D eigenvalue weighted by Gasteiger charge is -2.12. The lowest BCUT2D eigenvalue weighted by atomic mass is 9.99. The molecule has 26 heavy (non-hydrogen) atoms. The number of nitrogens with one attached hydrogen (secondary N) is 1. The number of rotatable bonds is 5. The van der Waals surface area contributed by atoms with Crippen LogP contribution in [-0.2, 0) is 4.79 Å². The molecule has 1 aliphatic rings. The number of hydrogen-bond donors (Lipinski definition) is 1. The third-order valence-electron chi connectivity index (χ3n) is 4.22. The SMILES string of the molecule is COc1cccc(C2=N/C(=C/c3ccc(OC)c(C(C)C)c3)C(=O)N2)c1. The van der Waals surface area contributed by atoms with Gasteiger partial charge in [0.25, 0.3) is 5.91 Å². The maximum atomic E-state index is 12.3. The number of amides is 1. The summed E-state index contributed by atoms with van der Waals surface area (Å²) in [4.78, 5) is 16.8. The summed E-state index contributed by atoms with van der Waals surface area (Å²) >= 11 is 0. The van der Waals surface area contributed by atoms with Crippen molar-refractivity contribution >= 4 is 17.8 Å². The van der Waals surface area contributed by atoms with E-state index in [9.17, 15) is 4.79 Å². The Morgan fingerprint density at radius 2 is 1.88 bits per heavy atom. The molecule has 2 aromatic rings. The van der Waals surface area contributed by atoms with E-state index in [0.717, 1.165) is 22.4 Å². The largest absolute Gasteiger partial charge is 0.497 e. The Hall–Kier alpha value is -3.08. The lowest BCUT2D eigenvalue weighted by molar-refractivity contribution is -0.115. The van der Waals surface area contributed by atoms with Gasteiger partial charge in [0.2, 0.25) is 0 Å². The van der Waals surface area contributed by atoms with Gasteiger partial charge in [0.05, 0.1) is 14.2 Å². The summed E-state index contributed by atoms with van der Waals surface area (Å²) in [6, 6.07) is 13.3. The van der Waals surface area contributed by atoms with Crippen LogP contribution in [0.5, 0.6) is 11.5 Å². The highest BCUT2D eigenvalue weighted by molar-refractivity contribution is 6.19. The van der Waals surface area contributed by atoms with Crippen LogP contribution in [-0.4, -0.2) is 26.0 Å². The Kier molecular flexibility index (Phi) is 5.07. The van der Waals surface area contributed by atoms with Crippen molar-refractivity contribution in [2.24, 2.45) is 4.99 Å². The first kappa shape index (κ1) is 17.7. The summed E-state index contributed by atoms with van der Waals surface area (Å²) in [6.07, 6.45) is 1.79. The second kappa shape index (κ2) is 7.44. The van der Waals surface area contributed by atoms with E-state index in [0.29, 0.717) is 23.2 Å². The van der Waals surface area contributed by atoms with E-state index in [1.165, 1.54) is 0 Å². The van der Waals surface area contributed by atoms with Gasteiger partial charge in [-0.1, -0.05) is 32.0 Å². The predicted octanol–water partition coefficient (Wildman–Crippen LogP) is 3.74. The van der Waals surface area contributed by atoms with E-state index in [2.05, 4.69) is 24.2 Å². The summed E-state index contributed by atoms with van der Waals surface area (Å²) in [5, 5.41) is 2.81. The molecule has 0 aromatic heterocycles. The summed E-state index contributed by atoms with van der Waals surface area (Å²) in [7, 11) is 3.27. The van der Waals surface area contributed by atoms with Crippen molar-refractivity contribution in [2.75, 3.05) is 14.2 Å². The van der Waals surface area contributed by atoms with Crippen molar-refractivity contribution in [1.29, 1.82) is 0 Å². The molecule has 2 aromatic carbocycles. The van der Waals surface area contributed by atoms with E-state index < -0.39 is 0 Å². The first-order valence-electron chi connectivity index (χ1n) is 8.46. The Balaban J connectivity index is 1.94. The molecular weight excluding hydrogens is 328 g/mol. The van der Waals surface area contributed by atoms with Gasteiger partial charge >= 0.3 is 0 Å². The van der Waals surface area contributed by atoms with Crippen LogP contribution in [0.25, 0.3) is 6.08 Å². The van der Waals surface area contributed by atoms with Crippen LogP contribution in [0.4, 0.5) is 0 Å². The zero-order valence-electron chi connectivity index (χ0n) is 15.4. The molecule has 1 heterocycles. The van der Waals surface area contributed by atoms with E-state index in [1.807, 2.05) is 42.5 Å². The highest BCUT2D eigenvalue weighted by Crippen LogP contribution is 2.28. The van der Waals surface area contributed by atoms with Crippen molar-refractivity contribution < 1.29 is 14.3 Å². The molecule has 0 saturated carbocycles. The molecule has 0 bridgehead atoms. The smallest absolute Gasteiger partial charge is 0.275 e. The van der Waals surface area contributed by atoms with E-state index in [-0.39, 0.29) is 5.91 Å². The summed E-state index contributed by atoms with van der Waals surface area (Å²) < 4.78 is 10.6. The van der Waals surface area contributed by atoms with Crippen molar-refractivity contribution in [3.05, 3.63) is 64.9 Å². The molecule has 5 nitrogen and oxygen atoms in total. The first-order chi connectivity index (χ1) is 12.5. The molecule has 3 rings (SSSR count). The highest BCUT2D eigenvalue weighted by Gasteiger charge is 2.21. The minimum atomic E-state index is -0.218. The minimum absolute atomic E-state index is 0.218. The number of amidine groups is 1. The van der Waals surface area contributed by atoms with Gasteiger partial charge in [0.1, 0.15) is 23.0 Å². The van der Waals surface area contributed by atoms with Gasteiger partial charge in [-0.25, -0.2) is 4.99 Å². The number of carbonyl (C=O) groups is 1. The van der Waals surface area contributed by atoms with Gasteiger partial charge < -0.3 is 14.8 Å². The predicted molar refractivity (Wildman–Crippen MR) is 103 cm³/mol. The van der Waals surface area contributed by atoms with Crippen LogP contribution in [0.1, 0.15) is 36.5 Å². The second-order valence-corrected chi connectivity index (χ2v) is 6.33. The second-order valence-electron chi connectivity index (χ2n) is 6.33. The van der Waals surface area contributed by atoms with Crippen molar-refractivity contribution in [2.45, 2.75) is 19.8 Å². The molecule has 134 valence electrons. The molecule has 0 atom stereocenters. The van der Waals surface area contributed by atoms with E-state index in [4.69, 9.17) is 9.47 Å². The summed E-state index contributed by atoms with van der Waals surface area (Å²) in [6.45, 7) is 4.21. The molecule has 0 radical (unpaired) electrons. The molecule has 5 heteroatoms. The summed E-state index contributed by atoms with van der Waals surface area (Å²) in [5.41, 5.74) is 3.19. The Labute approximate surface area is 153 Å². The van der Waals surface area contributed by atoms with Crippen LogP contribution in [0, 0.1) is 0 Å². The van der Waals surface area contributed by atoms with Crippen molar-refractivity contribution in [1.82, 2.24) is 5.32 Å². The van der Waals surface area contributed by atoms with Crippen LogP contribution in [0.2, 0.25) is 0 Å². The van der Waals surface area contributed by atoms with Crippen LogP contribution in [0.3, 0.4) is 0 Å². The first-order valence-corrected chi connectivity index (χ1v) is 8.46. The number of carbonyl (C=O) groups excluding carboxylic acids is 1. The number of ether oxygens (including phenoxy) is 2. The van der Waals surface area contributed by atoms with Crippen molar-refractivity contribution in [3.8, 4) is 11.5 Å².